The summed E-state index contributed by atoms with van der Waals surface area (Å²) in [6, 6.07) is 28.2. The van der Waals surface area contributed by atoms with Crippen LogP contribution in [-0.2, 0) is 17.6 Å². The Hall–Kier alpha value is -2.23. The third-order valence-electron chi connectivity index (χ3n) is 4.52. The van der Waals surface area contributed by atoms with Gasteiger partial charge in [-0.15, -0.1) is 11.8 Å². The first kappa shape index (κ1) is 20.5. The molecule has 1 unspecified atom stereocenters. The molecule has 3 aromatic rings. The Balaban J connectivity index is 1.59. The summed E-state index contributed by atoms with van der Waals surface area (Å²) in [6.45, 7) is 0.653. The van der Waals surface area contributed by atoms with E-state index in [-0.39, 0.29) is 11.8 Å². The SMILES string of the molecule is O=C(NCCc1ccccc1)C(CSc1ccc(Cl)cc1)Cc1ccccc1. The lowest BCUT2D eigenvalue weighted by Gasteiger charge is -2.17. The van der Waals surface area contributed by atoms with Crippen molar-refractivity contribution in [2.24, 2.45) is 5.92 Å². The van der Waals surface area contributed by atoms with E-state index in [2.05, 4.69) is 29.6 Å². The van der Waals surface area contributed by atoms with Gasteiger partial charge in [-0.3, -0.25) is 4.79 Å². The number of amides is 1. The van der Waals surface area contributed by atoms with Crippen molar-refractivity contribution in [2.45, 2.75) is 17.7 Å². The number of thioether (sulfide) groups is 1. The van der Waals surface area contributed by atoms with E-state index < -0.39 is 0 Å². The van der Waals surface area contributed by atoms with E-state index in [9.17, 15) is 4.79 Å². The fraction of sp³-hybridized carbons (Fsp3) is 0.208. The fourth-order valence-corrected chi connectivity index (χ4v) is 4.09. The molecular formula is C24H24ClNOS. The van der Waals surface area contributed by atoms with Gasteiger partial charge >= 0.3 is 0 Å². The standard InChI is InChI=1S/C24H24ClNOS/c25-22-11-13-23(14-12-22)28-18-21(17-20-9-5-2-6-10-20)24(27)26-16-15-19-7-3-1-4-8-19/h1-14,21H,15-18H2,(H,26,27). The van der Waals surface area contributed by atoms with Gasteiger partial charge in [-0.2, -0.15) is 0 Å². The zero-order chi connectivity index (χ0) is 19.6. The molecule has 0 bridgehead atoms. The van der Waals surface area contributed by atoms with E-state index in [4.69, 9.17) is 11.6 Å². The number of hydrogen-bond acceptors (Lipinski definition) is 2. The Morgan fingerprint density at radius 2 is 1.46 bits per heavy atom. The van der Waals surface area contributed by atoms with Gasteiger partial charge in [0.05, 0.1) is 5.92 Å². The minimum absolute atomic E-state index is 0.0844. The highest BCUT2D eigenvalue weighted by Gasteiger charge is 2.19. The largest absolute Gasteiger partial charge is 0.355 e. The molecule has 2 nitrogen and oxygen atoms in total. The summed E-state index contributed by atoms with van der Waals surface area (Å²) in [7, 11) is 0. The van der Waals surface area contributed by atoms with Crippen LogP contribution in [0.1, 0.15) is 11.1 Å². The highest BCUT2D eigenvalue weighted by atomic mass is 35.5. The van der Waals surface area contributed by atoms with Gasteiger partial charge in [0.1, 0.15) is 0 Å². The summed E-state index contributed by atoms with van der Waals surface area (Å²) in [5.74, 6) is 0.758. The van der Waals surface area contributed by atoms with Crippen LogP contribution < -0.4 is 5.32 Å². The van der Waals surface area contributed by atoms with Gasteiger partial charge in [0.15, 0.2) is 0 Å². The quantitative estimate of drug-likeness (QED) is 0.462. The molecule has 0 spiro atoms. The van der Waals surface area contributed by atoms with Crippen molar-refractivity contribution in [1.82, 2.24) is 5.32 Å². The van der Waals surface area contributed by atoms with E-state index in [1.807, 2.05) is 60.7 Å². The molecule has 0 saturated carbocycles. The van der Waals surface area contributed by atoms with Crippen LogP contribution in [0.2, 0.25) is 5.02 Å². The summed E-state index contributed by atoms with van der Waals surface area (Å²) in [6.07, 6.45) is 1.58. The minimum Gasteiger partial charge on any atom is -0.355 e. The molecule has 1 atom stereocenters. The molecule has 1 N–H and O–H groups in total. The molecular weight excluding hydrogens is 386 g/mol. The Morgan fingerprint density at radius 1 is 0.857 bits per heavy atom. The Bertz CT molecular complexity index is 853. The van der Waals surface area contributed by atoms with Gasteiger partial charge in [-0.1, -0.05) is 72.3 Å². The topological polar surface area (TPSA) is 29.1 Å². The second-order valence-corrected chi connectivity index (χ2v) is 8.21. The lowest BCUT2D eigenvalue weighted by atomic mass is 10.00. The van der Waals surface area contributed by atoms with Crippen molar-refractivity contribution in [2.75, 3.05) is 12.3 Å². The number of hydrogen-bond donors (Lipinski definition) is 1. The molecule has 3 rings (SSSR count). The Kier molecular flexibility index (Phi) is 8.01. The highest BCUT2D eigenvalue weighted by Crippen LogP contribution is 2.24. The third-order valence-corrected chi connectivity index (χ3v) is 5.94. The first-order chi connectivity index (χ1) is 13.7. The molecule has 144 valence electrons. The van der Waals surface area contributed by atoms with Crippen molar-refractivity contribution in [1.29, 1.82) is 0 Å². The molecule has 0 aliphatic carbocycles. The predicted molar refractivity (Wildman–Crippen MR) is 119 cm³/mol. The first-order valence-corrected chi connectivity index (χ1v) is 10.8. The summed E-state index contributed by atoms with van der Waals surface area (Å²) in [5, 5.41) is 3.85. The summed E-state index contributed by atoms with van der Waals surface area (Å²) in [5.41, 5.74) is 2.42. The highest BCUT2D eigenvalue weighted by molar-refractivity contribution is 7.99. The van der Waals surface area contributed by atoms with Crippen LogP contribution in [0.3, 0.4) is 0 Å². The van der Waals surface area contributed by atoms with Gasteiger partial charge in [-0.25, -0.2) is 0 Å². The molecule has 0 aliphatic rings. The predicted octanol–water partition coefficient (Wildman–Crippen LogP) is 5.65. The second-order valence-electron chi connectivity index (χ2n) is 6.68. The maximum absolute atomic E-state index is 12.9. The van der Waals surface area contributed by atoms with Crippen LogP contribution in [0.5, 0.6) is 0 Å². The van der Waals surface area contributed by atoms with Gasteiger partial charge in [0.25, 0.3) is 0 Å². The van der Waals surface area contributed by atoms with Crippen molar-refractivity contribution >= 4 is 29.3 Å². The van der Waals surface area contributed by atoms with E-state index in [1.54, 1.807) is 11.8 Å². The van der Waals surface area contributed by atoms with Crippen LogP contribution >= 0.6 is 23.4 Å². The number of halogens is 1. The summed E-state index contributed by atoms with van der Waals surface area (Å²) < 4.78 is 0. The zero-order valence-electron chi connectivity index (χ0n) is 15.7. The molecule has 0 fully saturated rings. The van der Waals surface area contributed by atoms with Crippen LogP contribution in [0.25, 0.3) is 0 Å². The molecule has 28 heavy (non-hydrogen) atoms. The minimum atomic E-state index is -0.0844. The first-order valence-electron chi connectivity index (χ1n) is 9.44. The van der Waals surface area contributed by atoms with E-state index >= 15 is 0 Å². The molecule has 0 saturated heterocycles. The maximum atomic E-state index is 12.9. The number of carbonyl (C=O) groups is 1. The zero-order valence-corrected chi connectivity index (χ0v) is 17.3. The van der Waals surface area contributed by atoms with Gasteiger partial charge in [-0.05, 0) is 48.2 Å². The fourth-order valence-electron chi connectivity index (χ4n) is 2.97. The van der Waals surface area contributed by atoms with E-state index in [0.717, 1.165) is 28.5 Å². The number of benzene rings is 3. The molecule has 1 amide bonds. The number of carbonyl (C=O) groups excluding carboxylic acids is 1. The lowest BCUT2D eigenvalue weighted by Crippen LogP contribution is -2.34. The van der Waals surface area contributed by atoms with Gasteiger partial charge in [0.2, 0.25) is 5.91 Å². The number of nitrogens with one attached hydrogen (secondary N) is 1. The van der Waals surface area contributed by atoms with Crippen LogP contribution in [0.15, 0.2) is 89.8 Å². The molecule has 0 radical (unpaired) electrons. The average Bonchev–Trinajstić information content (AvgIpc) is 2.73. The normalized spacial score (nSPS) is 11.8. The van der Waals surface area contributed by atoms with Crippen molar-refractivity contribution in [3.8, 4) is 0 Å². The molecule has 4 heteroatoms. The smallest absolute Gasteiger partial charge is 0.224 e. The van der Waals surface area contributed by atoms with E-state index in [0.29, 0.717) is 6.54 Å². The summed E-state index contributed by atoms with van der Waals surface area (Å²) in [4.78, 5) is 14.0. The van der Waals surface area contributed by atoms with Gasteiger partial charge < -0.3 is 5.32 Å². The Labute approximate surface area is 176 Å². The molecule has 0 aromatic heterocycles. The third kappa shape index (κ3) is 6.74. The molecule has 3 aromatic carbocycles. The van der Waals surface area contributed by atoms with Crippen LogP contribution in [0.4, 0.5) is 0 Å². The van der Waals surface area contributed by atoms with Crippen molar-refractivity contribution in [3.05, 3.63) is 101 Å². The lowest BCUT2D eigenvalue weighted by molar-refractivity contribution is -0.124. The van der Waals surface area contributed by atoms with Crippen LogP contribution in [-0.4, -0.2) is 18.2 Å². The van der Waals surface area contributed by atoms with Gasteiger partial charge in [0, 0.05) is 22.2 Å². The monoisotopic (exact) mass is 409 g/mol. The maximum Gasteiger partial charge on any atom is 0.224 e. The summed E-state index contributed by atoms with van der Waals surface area (Å²) >= 11 is 7.66. The Morgan fingerprint density at radius 3 is 2.11 bits per heavy atom. The second kappa shape index (κ2) is 10.9. The van der Waals surface area contributed by atoms with E-state index in [1.165, 1.54) is 11.1 Å². The molecule has 0 aliphatic heterocycles. The number of rotatable bonds is 9. The van der Waals surface area contributed by atoms with Crippen molar-refractivity contribution in [3.63, 3.8) is 0 Å². The molecule has 0 heterocycles. The average molecular weight is 410 g/mol. The van der Waals surface area contributed by atoms with Crippen molar-refractivity contribution < 1.29 is 4.79 Å². The van der Waals surface area contributed by atoms with Crippen LogP contribution in [0, 0.1) is 5.92 Å².